The number of rotatable bonds is 0. The molecular formula is C8H15NO2S. The Hall–Kier alpha value is -0.0900. The van der Waals surface area contributed by atoms with Gasteiger partial charge in [-0.2, -0.15) is 0 Å². The summed E-state index contributed by atoms with van der Waals surface area (Å²) >= 11 is 0. The van der Waals surface area contributed by atoms with Gasteiger partial charge in [0.15, 0.2) is 9.84 Å². The SMILES string of the molecule is C[C@@]12C[C@@H](N)C[C@@H]1CS(=O)(=O)C2. The normalized spacial score (nSPS) is 50.8. The van der Waals surface area contributed by atoms with E-state index in [1.807, 2.05) is 0 Å². The molecule has 12 heavy (non-hydrogen) atoms. The van der Waals surface area contributed by atoms with E-state index in [1.165, 1.54) is 0 Å². The number of sulfone groups is 1. The van der Waals surface area contributed by atoms with Crippen LogP contribution in [0.4, 0.5) is 0 Å². The molecule has 4 heteroatoms. The smallest absolute Gasteiger partial charge is 0.151 e. The van der Waals surface area contributed by atoms with Crippen molar-refractivity contribution in [3.05, 3.63) is 0 Å². The standard InChI is InChI=1S/C8H15NO2S/c1-8-3-7(9)2-6(8)4-12(10,11)5-8/h6-7H,2-5,9H2,1H3/t6-,7+,8+/m1/s1. The van der Waals surface area contributed by atoms with E-state index >= 15 is 0 Å². The molecule has 0 radical (unpaired) electrons. The van der Waals surface area contributed by atoms with E-state index in [9.17, 15) is 8.42 Å². The molecule has 1 saturated carbocycles. The van der Waals surface area contributed by atoms with Crippen molar-refractivity contribution in [1.82, 2.24) is 0 Å². The fourth-order valence-electron chi connectivity index (χ4n) is 2.81. The van der Waals surface area contributed by atoms with Gasteiger partial charge in [0.05, 0.1) is 11.5 Å². The number of nitrogens with two attached hydrogens (primary N) is 1. The second-order valence-corrected chi connectivity index (χ2v) is 6.71. The molecule has 0 aromatic heterocycles. The summed E-state index contributed by atoms with van der Waals surface area (Å²) in [5, 5.41) is 0. The summed E-state index contributed by atoms with van der Waals surface area (Å²) in [7, 11) is -2.74. The van der Waals surface area contributed by atoms with Crippen molar-refractivity contribution in [2.24, 2.45) is 17.1 Å². The maximum atomic E-state index is 11.3. The van der Waals surface area contributed by atoms with Crippen LogP contribution in [0.15, 0.2) is 0 Å². The van der Waals surface area contributed by atoms with Crippen LogP contribution < -0.4 is 5.73 Å². The average Bonchev–Trinajstić information content (AvgIpc) is 2.11. The first-order valence-corrected chi connectivity index (χ1v) is 6.19. The Morgan fingerprint density at radius 1 is 1.50 bits per heavy atom. The third-order valence-corrected chi connectivity index (χ3v) is 5.32. The molecule has 70 valence electrons. The summed E-state index contributed by atoms with van der Waals surface area (Å²) in [6, 6.07) is 0.232. The second kappa shape index (κ2) is 2.23. The molecule has 0 bridgehead atoms. The van der Waals surface area contributed by atoms with Gasteiger partial charge in [-0.25, -0.2) is 8.42 Å². The summed E-state index contributed by atoms with van der Waals surface area (Å²) in [4.78, 5) is 0. The summed E-state index contributed by atoms with van der Waals surface area (Å²) in [6.07, 6.45) is 1.78. The van der Waals surface area contributed by atoms with Gasteiger partial charge in [-0.1, -0.05) is 6.92 Å². The average molecular weight is 189 g/mol. The summed E-state index contributed by atoms with van der Waals surface area (Å²) in [6.45, 7) is 2.06. The van der Waals surface area contributed by atoms with Crippen LogP contribution >= 0.6 is 0 Å². The number of fused-ring (bicyclic) bond motifs is 1. The lowest BCUT2D eigenvalue weighted by atomic mass is 9.83. The van der Waals surface area contributed by atoms with Crippen LogP contribution in [0, 0.1) is 11.3 Å². The molecule has 0 amide bonds. The highest BCUT2D eigenvalue weighted by molar-refractivity contribution is 7.91. The Balaban J connectivity index is 2.28. The zero-order valence-corrected chi connectivity index (χ0v) is 8.10. The molecule has 2 aliphatic rings. The fraction of sp³-hybridized carbons (Fsp3) is 1.00. The lowest BCUT2D eigenvalue weighted by Crippen LogP contribution is -2.23. The third-order valence-electron chi connectivity index (χ3n) is 3.31. The third kappa shape index (κ3) is 1.17. The van der Waals surface area contributed by atoms with E-state index in [0.717, 1.165) is 12.8 Å². The van der Waals surface area contributed by atoms with Crippen molar-refractivity contribution in [2.45, 2.75) is 25.8 Å². The van der Waals surface area contributed by atoms with Crippen LogP contribution in [0.3, 0.4) is 0 Å². The molecule has 1 aliphatic heterocycles. The minimum Gasteiger partial charge on any atom is -0.328 e. The molecule has 2 rings (SSSR count). The quantitative estimate of drug-likeness (QED) is 0.590. The van der Waals surface area contributed by atoms with Crippen molar-refractivity contribution in [3.63, 3.8) is 0 Å². The second-order valence-electron chi connectivity index (χ2n) is 4.61. The van der Waals surface area contributed by atoms with Gasteiger partial charge < -0.3 is 5.73 Å². The molecule has 3 atom stereocenters. The minimum atomic E-state index is -2.74. The molecule has 2 fully saturated rings. The number of hydrogen-bond acceptors (Lipinski definition) is 3. The van der Waals surface area contributed by atoms with Crippen molar-refractivity contribution < 1.29 is 8.42 Å². The van der Waals surface area contributed by atoms with Crippen LogP contribution in [-0.4, -0.2) is 26.0 Å². The Morgan fingerprint density at radius 3 is 2.75 bits per heavy atom. The van der Waals surface area contributed by atoms with Gasteiger partial charge in [-0.3, -0.25) is 0 Å². The maximum Gasteiger partial charge on any atom is 0.151 e. The van der Waals surface area contributed by atoms with Crippen LogP contribution in [0.5, 0.6) is 0 Å². The first-order valence-electron chi connectivity index (χ1n) is 4.37. The lowest BCUT2D eigenvalue weighted by Gasteiger charge is -2.20. The lowest BCUT2D eigenvalue weighted by molar-refractivity contribution is 0.309. The molecule has 0 spiro atoms. The number of hydrogen-bond donors (Lipinski definition) is 1. The highest BCUT2D eigenvalue weighted by Crippen LogP contribution is 2.48. The molecule has 0 aromatic rings. The van der Waals surface area contributed by atoms with Crippen molar-refractivity contribution >= 4 is 9.84 Å². The van der Waals surface area contributed by atoms with Gasteiger partial charge >= 0.3 is 0 Å². The Labute approximate surface area is 73.2 Å². The topological polar surface area (TPSA) is 60.2 Å². The summed E-state index contributed by atoms with van der Waals surface area (Å²) in [5.74, 6) is 1.06. The van der Waals surface area contributed by atoms with Crippen molar-refractivity contribution in [3.8, 4) is 0 Å². The Kier molecular flexibility index (Phi) is 1.58. The Morgan fingerprint density at radius 2 is 2.17 bits per heavy atom. The minimum absolute atomic E-state index is 0.00174. The van der Waals surface area contributed by atoms with Gasteiger partial charge in [0, 0.05) is 6.04 Å². The van der Waals surface area contributed by atoms with E-state index < -0.39 is 9.84 Å². The van der Waals surface area contributed by atoms with Gasteiger partial charge in [-0.05, 0) is 24.2 Å². The van der Waals surface area contributed by atoms with Crippen molar-refractivity contribution in [1.29, 1.82) is 0 Å². The molecule has 1 heterocycles. The van der Waals surface area contributed by atoms with Crippen molar-refractivity contribution in [2.75, 3.05) is 11.5 Å². The predicted molar refractivity (Wildman–Crippen MR) is 47.5 cm³/mol. The van der Waals surface area contributed by atoms with Crippen LogP contribution in [-0.2, 0) is 9.84 Å². The van der Waals surface area contributed by atoms with E-state index in [2.05, 4.69) is 6.92 Å². The summed E-state index contributed by atoms with van der Waals surface area (Å²) < 4.78 is 22.6. The molecule has 3 nitrogen and oxygen atoms in total. The van der Waals surface area contributed by atoms with Gasteiger partial charge in [-0.15, -0.1) is 0 Å². The highest BCUT2D eigenvalue weighted by atomic mass is 32.2. The van der Waals surface area contributed by atoms with E-state index in [1.54, 1.807) is 0 Å². The van der Waals surface area contributed by atoms with E-state index in [0.29, 0.717) is 17.4 Å². The molecule has 1 aliphatic carbocycles. The maximum absolute atomic E-state index is 11.3. The zero-order valence-electron chi connectivity index (χ0n) is 7.29. The van der Waals surface area contributed by atoms with Gasteiger partial charge in [0.2, 0.25) is 0 Å². The van der Waals surface area contributed by atoms with Gasteiger partial charge in [0.25, 0.3) is 0 Å². The monoisotopic (exact) mass is 189 g/mol. The predicted octanol–water partition coefficient (Wildman–Crippen LogP) is 0.158. The Bertz CT molecular complexity index is 298. The molecule has 1 saturated heterocycles. The fourth-order valence-corrected chi connectivity index (χ4v) is 5.44. The van der Waals surface area contributed by atoms with Crippen LogP contribution in [0.2, 0.25) is 0 Å². The largest absolute Gasteiger partial charge is 0.328 e. The van der Waals surface area contributed by atoms with Crippen LogP contribution in [0.25, 0.3) is 0 Å². The zero-order chi connectivity index (χ0) is 8.98. The molecule has 0 aromatic carbocycles. The summed E-state index contributed by atoms with van der Waals surface area (Å²) in [5.41, 5.74) is 5.80. The molecule has 0 unspecified atom stereocenters. The van der Waals surface area contributed by atoms with E-state index in [4.69, 9.17) is 5.73 Å². The van der Waals surface area contributed by atoms with E-state index in [-0.39, 0.29) is 11.5 Å². The highest BCUT2D eigenvalue weighted by Gasteiger charge is 2.51. The van der Waals surface area contributed by atoms with Crippen LogP contribution in [0.1, 0.15) is 19.8 Å². The van der Waals surface area contributed by atoms with Gasteiger partial charge in [0.1, 0.15) is 0 Å². The first kappa shape index (κ1) is 8.51. The first-order chi connectivity index (χ1) is 5.41. The molecular weight excluding hydrogens is 174 g/mol. The molecule has 2 N–H and O–H groups in total.